The molecule has 0 amide bonds. The molecule has 13 heavy (non-hydrogen) atoms. The summed E-state index contributed by atoms with van der Waals surface area (Å²) in [6, 6.07) is 2.25. The molecule has 1 heterocycles. The van der Waals surface area contributed by atoms with E-state index in [9.17, 15) is 0 Å². The summed E-state index contributed by atoms with van der Waals surface area (Å²) in [5.41, 5.74) is 6.58. The van der Waals surface area contributed by atoms with E-state index in [-0.39, 0.29) is 6.61 Å². The van der Waals surface area contributed by atoms with Crippen LogP contribution in [0.15, 0.2) is 11.4 Å². The molecule has 0 aliphatic heterocycles. The minimum absolute atomic E-state index is 0.230. The highest BCUT2D eigenvalue weighted by Gasteiger charge is 2.03. The van der Waals surface area contributed by atoms with Crippen LogP contribution in [0, 0.1) is 0 Å². The molecule has 0 aliphatic rings. The van der Waals surface area contributed by atoms with Gasteiger partial charge in [-0.15, -0.1) is 11.3 Å². The molecule has 1 atom stereocenters. The van der Waals surface area contributed by atoms with Gasteiger partial charge in [0.25, 0.3) is 0 Å². The summed E-state index contributed by atoms with van der Waals surface area (Å²) in [4.78, 5) is 1.17. The van der Waals surface area contributed by atoms with Gasteiger partial charge in [-0.2, -0.15) is 0 Å². The molecule has 0 saturated heterocycles. The van der Waals surface area contributed by atoms with E-state index in [0.29, 0.717) is 6.04 Å². The van der Waals surface area contributed by atoms with Crippen molar-refractivity contribution in [3.05, 3.63) is 16.3 Å². The van der Waals surface area contributed by atoms with Crippen molar-refractivity contribution in [3.63, 3.8) is 0 Å². The molecule has 4 heteroatoms. The molecule has 0 aliphatic carbocycles. The van der Waals surface area contributed by atoms with Crippen LogP contribution in [0.4, 0.5) is 5.69 Å². The molecule has 1 unspecified atom stereocenters. The normalized spacial score (nSPS) is 13.1. The number of hydrogen-bond donors (Lipinski definition) is 3. The van der Waals surface area contributed by atoms with Gasteiger partial charge < -0.3 is 16.2 Å². The van der Waals surface area contributed by atoms with E-state index in [0.717, 1.165) is 18.7 Å². The molecule has 1 aromatic heterocycles. The van der Waals surface area contributed by atoms with Crippen molar-refractivity contribution in [2.45, 2.75) is 25.9 Å². The number of nitrogens with one attached hydrogen (secondary N) is 1. The number of nitrogen functional groups attached to an aromatic ring is 1. The Kier molecular flexibility index (Phi) is 4.21. The van der Waals surface area contributed by atoms with Gasteiger partial charge in [0.05, 0.1) is 0 Å². The molecule has 0 spiro atoms. The molecular formula is C9H16N2OS. The highest BCUT2D eigenvalue weighted by molar-refractivity contribution is 7.10. The van der Waals surface area contributed by atoms with Gasteiger partial charge in [-0.25, -0.2) is 0 Å². The number of hydrogen-bond acceptors (Lipinski definition) is 4. The van der Waals surface area contributed by atoms with E-state index in [1.807, 2.05) is 11.4 Å². The summed E-state index contributed by atoms with van der Waals surface area (Å²) in [7, 11) is 0. The Bertz CT molecular complexity index is 250. The number of thiophene rings is 1. The summed E-state index contributed by atoms with van der Waals surface area (Å²) in [5.74, 6) is 0. The molecule has 4 N–H and O–H groups in total. The van der Waals surface area contributed by atoms with Crippen LogP contribution in [0.2, 0.25) is 0 Å². The molecule has 0 aromatic carbocycles. The predicted octanol–water partition coefficient (Wildman–Crippen LogP) is 1.19. The van der Waals surface area contributed by atoms with Gasteiger partial charge in [-0.1, -0.05) is 0 Å². The Balaban J connectivity index is 2.30. The van der Waals surface area contributed by atoms with E-state index >= 15 is 0 Å². The second kappa shape index (κ2) is 5.21. The Morgan fingerprint density at radius 1 is 1.69 bits per heavy atom. The standard InChI is InChI=1S/C9H16N2OS/c1-7(2-4-12)11-6-9-8(10)3-5-13-9/h3,5,7,11-12H,2,4,6,10H2,1H3. The van der Waals surface area contributed by atoms with Crippen LogP contribution < -0.4 is 11.1 Å². The Morgan fingerprint density at radius 2 is 2.46 bits per heavy atom. The van der Waals surface area contributed by atoms with Crippen molar-refractivity contribution in [2.24, 2.45) is 0 Å². The van der Waals surface area contributed by atoms with Gasteiger partial charge in [0.2, 0.25) is 0 Å². The molecule has 74 valence electrons. The molecule has 3 nitrogen and oxygen atoms in total. The van der Waals surface area contributed by atoms with E-state index in [4.69, 9.17) is 10.8 Å². The topological polar surface area (TPSA) is 58.3 Å². The second-order valence-corrected chi connectivity index (χ2v) is 4.09. The van der Waals surface area contributed by atoms with Crippen LogP contribution >= 0.6 is 11.3 Å². The second-order valence-electron chi connectivity index (χ2n) is 3.09. The monoisotopic (exact) mass is 200 g/mol. The van der Waals surface area contributed by atoms with Gasteiger partial charge in [-0.05, 0) is 24.8 Å². The van der Waals surface area contributed by atoms with Crippen LogP contribution in [0.3, 0.4) is 0 Å². The van der Waals surface area contributed by atoms with Crippen molar-refractivity contribution in [2.75, 3.05) is 12.3 Å². The fourth-order valence-corrected chi connectivity index (χ4v) is 1.81. The summed E-state index contributed by atoms with van der Waals surface area (Å²) in [5, 5.41) is 14.0. The first-order valence-electron chi connectivity index (χ1n) is 4.40. The highest BCUT2D eigenvalue weighted by atomic mass is 32.1. The maximum atomic E-state index is 8.69. The van der Waals surface area contributed by atoms with Crippen LogP contribution in [0.5, 0.6) is 0 Å². The van der Waals surface area contributed by atoms with Crippen molar-refractivity contribution >= 4 is 17.0 Å². The Morgan fingerprint density at radius 3 is 3.00 bits per heavy atom. The van der Waals surface area contributed by atoms with Crippen molar-refractivity contribution in [1.29, 1.82) is 0 Å². The van der Waals surface area contributed by atoms with Gasteiger partial charge in [0, 0.05) is 29.8 Å². The van der Waals surface area contributed by atoms with Gasteiger partial charge in [0.15, 0.2) is 0 Å². The van der Waals surface area contributed by atoms with Gasteiger partial charge in [0.1, 0.15) is 0 Å². The third-order valence-electron chi connectivity index (χ3n) is 1.95. The molecule has 0 bridgehead atoms. The lowest BCUT2D eigenvalue weighted by atomic mass is 10.2. The lowest BCUT2D eigenvalue weighted by Crippen LogP contribution is -2.26. The summed E-state index contributed by atoms with van der Waals surface area (Å²) in [6.45, 7) is 3.08. The lowest BCUT2D eigenvalue weighted by Gasteiger charge is -2.11. The summed E-state index contributed by atoms with van der Waals surface area (Å²) in [6.07, 6.45) is 0.783. The SMILES string of the molecule is CC(CCO)NCc1sccc1N. The molecular weight excluding hydrogens is 184 g/mol. The number of nitrogens with two attached hydrogens (primary N) is 1. The van der Waals surface area contributed by atoms with Crippen molar-refractivity contribution in [3.8, 4) is 0 Å². The quantitative estimate of drug-likeness (QED) is 0.669. The molecule has 0 fully saturated rings. The number of aliphatic hydroxyl groups is 1. The zero-order chi connectivity index (χ0) is 9.68. The minimum Gasteiger partial charge on any atom is -0.398 e. The maximum absolute atomic E-state index is 8.69. The molecule has 1 rings (SSSR count). The largest absolute Gasteiger partial charge is 0.398 e. The fourth-order valence-electron chi connectivity index (χ4n) is 1.06. The molecule has 0 saturated carbocycles. The van der Waals surface area contributed by atoms with Crippen molar-refractivity contribution < 1.29 is 5.11 Å². The number of rotatable bonds is 5. The first-order chi connectivity index (χ1) is 6.24. The predicted molar refractivity (Wildman–Crippen MR) is 56.7 cm³/mol. The lowest BCUT2D eigenvalue weighted by molar-refractivity contribution is 0.269. The van der Waals surface area contributed by atoms with Crippen LogP contribution in [-0.2, 0) is 6.54 Å². The van der Waals surface area contributed by atoms with Crippen LogP contribution in [-0.4, -0.2) is 17.8 Å². The van der Waals surface area contributed by atoms with Crippen LogP contribution in [0.1, 0.15) is 18.2 Å². The summed E-state index contributed by atoms with van der Waals surface area (Å²) >= 11 is 1.66. The van der Waals surface area contributed by atoms with Gasteiger partial charge >= 0.3 is 0 Å². The average molecular weight is 200 g/mol. The van der Waals surface area contributed by atoms with Crippen molar-refractivity contribution in [1.82, 2.24) is 5.32 Å². The highest BCUT2D eigenvalue weighted by Crippen LogP contribution is 2.18. The fraction of sp³-hybridized carbons (Fsp3) is 0.556. The average Bonchev–Trinajstić information content (AvgIpc) is 2.48. The minimum atomic E-state index is 0.230. The Labute approximate surface area is 82.6 Å². The third kappa shape index (κ3) is 3.34. The molecule has 1 aromatic rings. The summed E-state index contributed by atoms with van der Waals surface area (Å²) < 4.78 is 0. The number of aliphatic hydroxyl groups excluding tert-OH is 1. The smallest absolute Gasteiger partial charge is 0.0468 e. The van der Waals surface area contributed by atoms with Gasteiger partial charge in [-0.3, -0.25) is 0 Å². The number of anilines is 1. The first-order valence-corrected chi connectivity index (χ1v) is 5.28. The van der Waals surface area contributed by atoms with E-state index < -0.39 is 0 Å². The third-order valence-corrected chi connectivity index (χ3v) is 2.89. The van der Waals surface area contributed by atoms with Crippen LogP contribution in [0.25, 0.3) is 0 Å². The van der Waals surface area contributed by atoms with E-state index in [2.05, 4.69) is 12.2 Å². The van der Waals surface area contributed by atoms with E-state index in [1.165, 1.54) is 4.88 Å². The van der Waals surface area contributed by atoms with E-state index in [1.54, 1.807) is 11.3 Å². The maximum Gasteiger partial charge on any atom is 0.0468 e. The zero-order valence-electron chi connectivity index (χ0n) is 7.79. The zero-order valence-corrected chi connectivity index (χ0v) is 8.60. The molecule has 0 radical (unpaired) electrons. The first kappa shape index (κ1) is 10.5. The Hall–Kier alpha value is -0.580.